The minimum Gasteiger partial charge on any atom is -0.480 e. The number of carboxylic acids is 1. The van der Waals surface area contributed by atoms with Gasteiger partial charge in [-0.2, -0.15) is 5.10 Å². The molecule has 0 saturated carbocycles. The number of carbonyl (C=O) groups excluding carboxylic acids is 1. The second kappa shape index (κ2) is 5.81. The highest BCUT2D eigenvalue weighted by Crippen LogP contribution is 2.22. The Kier molecular flexibility index (Phi) is 4.23. The first kappa shape index (κ1) is 16.0. The second-order valence-corrected chi connectivity index (χ2v) is 5.80. The van der Waals surface area contributed by atoms with E-state index >= 15 is 0 Å². The van der Waals surface area contributed by atoms with E-state index < -0.39 is 17.4 Å². The lowest BCUT2D eigenvalue weighted by molar-refractivity contribution is -0.143. The second-order valence-electron chi connectivity index (χ2n) is 5.39. The van der Waals surface area contributed by atoms with Crippen LogP contribution in [0.5, 0.6) is 0 Å². The van der Waals surface area contributed by atoms with Gasteiger partial charge in [0.25, 0.3) is 5.91 Å². The normalized spacial score (nSPS) is 11.3. The standard InChI is InChI=1S/C15H16ClN3O3/c1-9-10(13(20)18-15(2,3)14(21)22)8-17-19(9)12-7-5-4-6-11(12)16/h4-8H,1-3H3,(H,18,20)(H,21,22). The first-order valence-corrected chi connectivity index (χ1v) is 6.97. The van der Waals surface area contributed by atoms with Gasteiger partial charge in [0.15, 0.2) is 0 Å². The third-order valence-corrected chi connectivity index (χ3v) is 3.62. The van der Waals surface area contributed by atoms with Crippen LogP contribution in [0, 0.1) is 6.92 Å². The molecule has 2 rings (SSSR count). The topological polar surface area (TPSA) is 84.2 Å². The number of aliphatic carboxylic acids is 1. The van der Waals surface area contributed by atoms with Gasteiger partial charge in [0.2, 0.25) is 0 Å². The zero-order chi connectivity index (χ0) is 16.5. The van der Waals surface area contributed by atoms with Crippen LogP contribution in [0.4, 0.5) is 0 Å². The van der Waals surface area contributed by atoms with E-state index in [0.717, 1.165) is 0 Å². The van der Waals surface area contributed by atoms with E-state index in [9.17, 15) is 9.59 Å². The van der Waals surface area contributed by atoms with Crippen LogP contribution in [0.25, 0.3) is 5.69 Å². The van der Waals surface area contributed by atoms with Crippen molar-refractivity contribution in [2.24, 2.45) is 0 Å². The molecule has 0 radical (unpaired) electrons. The van der Waals surface area contributed by atoms with Crippen molar-refractivity contribution in [3.8, 4) is 5.69 Å². The van der Waals surface area contributed by atoms with Crippen LogP contribution >= 0.6 is 11.6 Å². The zero-order valence-electron chi connectivity index (χ0n) is 12.4. The highest BCUT2D eigenvalue weighted by Gasteiger charge is 2.30. The highest BCUT2D eigenvalue weighted by atomic mass is 35.5. The molecule has 1 aromatic heterocycles. The summed E-state index contributed by atoms with van der Waals surface area (Å²) in [6.07, 6.45) is 1.39. The largest absolute Gasteiger partial charge is 0.480 e. The van der Waals surface area contributed by atoms with E-state index in [1.54, 1.807) is 29.8 Å². The summed E-state index contributed by atoms with van der Waals surface area (Å²) in [5, 5.41) is 16.2. The number of nitrogens with one attached hydrogen (secondary N) is 1. The van der Waals surface area contributed by atoms with Gasteiger partial charge in [0.1, 0.15) is 5.54 Å². The number of para-hydroxylation sites is 1. The SMILES string of the molecule is Cc1c(C(=O)NC(C)(C)C(=O)O)cnn1-c1ccccc1Cl. The van der Waals surface area contributed by atoms with Crippen molar-refractivity contribution in [2.45, 2.75) is 26.3 Å². The van der Waals surface area contributed by atoms with Gasteiger partial charge in [-0.25, -0.2) is 9.48 Å². The Morgan fingerprint density at radius 1 is 1.32 bits per heavy atom. The number of hydrogen-bond donors (Lipinski definition) is 2. The van der Waals surface area contributed by atoms with Crippen LogP contribution in [-0.2, 0) is 4.79 Å². The van der Waals surface area contributed by atoms with Crippen LogP contribution in [0.3, 0.4) is 0 Å². The number of rotatable bonds is 4. The van der Waals surface area contributed by atoms with Gasteiger partial charge in [-0.05, 0) is 32.9 Å². The molecule has 1 aromatic carbocycles. The van der Waals surface area contributed by atoms with Crippen LogP contribution in [0.2, 0.25) is 5.02 Å². The summed E-state index contributed by atoms with van der Waals surface area (Å²) in [4.78, 5) is 23.3. The molecular weight excluding hydrogens is 306 g/mol. The monoisotopic (exact) mass is 321 g/mol. The molecule has 1 heterocycles. The fourth-order valence-corrected chi connectivity index (χ4v) is 2.12. The Bertz CT molecular complexity index is 737. The number of halogens is 1. The van der Waals surface area contributed by atoms with Gasteiger partial charge < -0.3 is 10.4 Å². The van der Waals surface area contributed by atoms with Gasteiger partial charge >= 0.3 is 5.97 Å². The quantitative estimate of drug-likeness (QED) is 0.905. The first-order chi connectivity index (χ1) is 10.2. The smallest absolute Gasteiger partial charge is 0.328 e. The number of benzene rings is 1. The van der Waals surface area contributed by atoms with Gasteiger partial charge in [0, 0.05) is 0 Å². The molecule has 0 aliphatic heterocycles. The van der Waals surface area contributed by atoms with E-state index in [0.29, 0.717) is 22.0 Å². The molecule has 6 nitrogen and oxygen atoms in total. The summed E-state index contributed by atoms with van der Waals surface area (Å²) in [6.45, 7) is 4.56. The molecule has 0 atom stereocenters. The number of carbonyl (C=O) groups is 2. The van der Waals surface area contributed by atoms with Crippen molar-refractivity contribution >= 4 is 23.5 Å². The van der Waals surface area contributed by atoms with Crippen LogP contribution in [0.15, 0.2) is 30.5 Å². The number of carboxylic acid groups (broad SMARTS) is 1. The number of hydrogen-bond acceptors (Lipinski definition) is 3. The molecule has 0 aliphatic carbocycles. The van der Waals surface area contributed by atoms with Crippen molar-refractivity contribution < 1.29 is 14.7 Å². The van der Waals surface area contributed by atoms with E-state index in [-0.39, 0.29) is 0 Å². The van der Waals surface area contributed by atoms with Gasteiger partial charge in [0.05, 0.1) is 28.2 Å². The number of aromatic nitrogens is 2. The fraction of sp³-hybridized carbons (Fsp3) is 0.267. The summed E-state index contributed by atoms with van der Waals surface area (Å²) in [5.41, 5.74) is 0.162. The Labute approximate surface area is 132 Å². The molecule has 2 N–H and O–H groups in total. The lowest BCUT2D eigenvalue weighted by atomic mass is 10.1. The molecule has 0 saturated heterocycles. The average Bonchev–Trinajstić information content (AvgIpc) is 2.80. The average molecular weight is 322 g/mol. The Hall–Kier alpha value is -2.34. The molecule has 0 aliphatic rings. The molecule has 22 heavy (non-hydrogen) atoms. The summed E-state index contributed by atoms with van der Waals surface area (Å²) in [6, 6.07) is 7.12. The zero-order valence-corrected chi connectivity index (χ0v) is 13.2. The molecule has 0 spiro atoms. The Morgan fingerprint density at radius 3 is 2.55 bits per heavy atom. The lowest BCUT2D eigenvalue weighted by Gasteiger charge is -2.20. The fourth-order valence-electron chi connectivity index (χ4n) is 1.90. The molecule has 116 valence electrons. The van der Waals surface area contributed by atoms with Gasteiger partial charge in [-0.15, -0.1) is 0 Å². The first-order valence-electron chi connectivity index (χ1n) is 6.59. The number of nitrogens with zero attached hydrogens (tertiary/aromatic N) is 2. The van der Waals surface area contributed by atoms with E-state index in [2.05, 4.69) is 10.4 Å². The molecule has 0 fully saturated rings. The minimum atomic E-state index is -1.37. The maximum atomic E-state index is 12.3. The Morgan fingerprint density at radius 2 is 1.95 bits per heavy atom. The molecule has 0 unspecified atom stereocenters. The maximum Gasteiger partial charge on any atom is 0.328 e. The van der Waals surface area contributed by atoms with E-state index in [1.807, 2.05) is 6.07 Å². The summed E-state index contributed by atoms with van der Waals surface area (Å²) in [7, 11) is 0. The predicted octanol–water partition coefficient (Wildman–Crippen LogP) is 2.43. The molecule has 2 aromatic rings. The Balaban J connectivity index is 2.34. The van der Waals surface area contributed by atoms with Gasteiger partial charge in [-0.1, -0.05) is 23.7 Å². The van der Waals surface area contributed by atoms with Crippen LogP contribution in [-0.4, -0.2) is 32.3 Å². The van der Waals surface area contributed by atoms with Crippen molar-refractivity contribution in [1.82, 2.24) is 15.1 Å². The lowest BCUT2D eigenvalue weighted by Crippen LogP contribution is -2.49. The predicted molar refractivity (Wildman–Crippen MR) is 82.5 cm³/mol. The van der Waals surface area contributed by atoms with Crippen molar-refractivity contribution in [1.29, 1.82) is 0 Å². The van der Waals surface area contributed by atoms with Gasteiger partial charge in [-0.3, -0.25) is 4.79 Å². The van der Waals surface area contributed by atoms with E-state index in [4.69, 9.17) is 16.7 Å². The van der Waals surface area contributed by atoms with Crippen LogP contribution in [0.1, 0.15) is 29.9 Å². The minimum absolute atomic E-state index is 0.300. The highest BCUT2D eigenvalue weighted by molar-refractivity contribution is 6.32. The van der Waals surface area contributed by atoms with Crippen LogP contribution < -0.4 is 5.32 Å². The van der Waals surface area contributed by atoms with Crippen molar-refractivity contribution in [2.75, 3.05) is 0 Å². The summed E-state index contributed by atoms with van der Waals surface area (Å²) >= 11 is 6.13. The van der Waals surface area contributed by atoms with Crippen molar-refractivity contribution in [3.63, 3.8) is 0 Å². The van der Waals surface area contributed by atoms with Crippen molar-refractivity contribution in [3.05, 3.63) is 46.7 Å². The third kappa shape index (κ3) is 2.96. The summed E-state index contributed by atoms with van der Waals surface area (Å²) in [5.74, 6) is -1.61. The molecule has 7 heteroatoms. The summed E-state index contributed by atoms with van der Waals surface area (Å²) < 4.78 is 1.55. The number of amides is 1. The molecule has 1 amide bonds. The molecule has 0 bridgehead atoms. The van der Waals surface area contributed by atoms with E-state index in [1.165, 1.54) is 20.0 Å². The third-order valence-electron chi connectivity index (χ3n) is 3.30. The molecular formula is C15H16ClN3O3. The maximum absolute atomic E-state index is 12.3.